The van der Waals surface area contributed by atoms with Gasteiger partial charge >= 0.3 is 0 Å². The van der Waals surface area contributed by atoms with Gasteiger partial charge in [0.1, 0.15) is 0 Å². The van der Waals surface area contributed by atoms with Crippen LogP contribution in [-0.2, 0) is 0 Å². The molecule has 0 aliphatic carbocycles. The fourth-order valence-electron chi connectivity index (χ4n) is 3.48. The second-order valence-corrected chi connectivity index (χ2v) is 6.55. The van der Waals surface area contributed by atoms with Crippen LogP contribution in [0.25, 0.3) is 0 Å². The van der Waals surface area contributed by atoms with E-state index in [-0.39, 0.29) is 0 Å². The van der Waals surface area contributed by atoms with Gasteiger partial charge in [0.15, 0.2) is 0 Å². The van der Waals surface area contributed by atoms with Gasteiger partial charge in [-0.1, -0.05) is 6.42 Å². The van der Waals surface area contributed by atoms with Crippen LogP contribution in [0.3, 0.4) is 0 Å². The summed E-state index contributed by atoms with van der Waals surface area (Å²) in [7, 11) is 0. The van der Waals surface area contributed by atoms with Gasteiger partial charge in [-0.2, -0.15) is 11.3 Å². The van der Waals surface area contributed by atoms with Crippen molar-refractivity contribution < 1.29 is 0 Å². The molecule has 2 saturated heterocycles. The van der Waals surface area contributed by atoms with Crippen molar-refractivity contribution in [3.8, 4) is 0 Å². The molecule has 3 heteroatoms. The van der Waals surface area contributed by atoms with Gasteiger partial charge < -0.3 is 0 Å². The van der Waals surface area contributed by atoms with Gasteiger partial charge in [-0.05, 0) is 61.7 Å². The average molecular weight is 264 g/mol. The Morgan fingerprint density at radius 1 is 1.22 bits per heavy atom. The fourth-order valence-corrected chi connectivity index (χ4v) is 4.22. The molecule has 2 unspecified atom stereocenters. The lowest BCUT2D eigenvalue weighted by molar-refractivity contribution is 0.123. The summed E-state index contributed by atoms with van der Waals surface area (Å²) < 4.78 is 0. The molecule has 3 rings (SSSR count). The van der Waals surface area contributed by atoms with Crippen LogP contribution in [0, 0.1) is 0 Å². The molecule has 0 N–H and O–H groups in total. The summed E-state index contributed by atoms with van der Waals surface area (Å²) in [5.74, 6) is 0. The van der Waals surface area contributed by atoms with Crippen molar-refractivity contribution in [3.63, 3.8) is 0 Å². The van der Waals surface area contributed by atoms with E-state index in [1.807, 2.05) is 11.3 Å². The standard InChI is InChI=1S/C15H24N2S/c1-13(14-6-10-18-12-14)17-9-4-8-16-7-3-2-5-15(16)11-17/h6,10,12-13,15H,2-5,7-9,11H2,1H3. The van der Waals surface area contributed by atoms with Crippen LogP contribution >= 0.6 is 11.3 Å². The van der Waals surface area contributed by atoms with Crippen molar-refractivity contribution in [2.75, 3.05) is 26.2 Å². The monoisotopic (exact) mass is 264 g/mol. The Labute approximate surface area is 115 Å². The Morgan fingerprint density at radius 2 is 2.11 bits per heavy atom. The molecule has 0 saturated carbocycles. The lowest BCUT2D eigenvalue weighted by atomic mass is 10.0. The summed E-state index contributed by atoms with van der Waals surface area (Å²) >= 11 is 1.82. The third-order valence-electron chi connectivity index (χ3n) is 4.66. The number of hydrogen-bond acceptors (Lipinski definition) is 3. The molecule has 0 bridgehead atoms. The smallest absolute Gasteiger partial charge is 0.0328 e. The second kappa shape index (κ2) is 5.72. The minimum Gasteiger partial charge on any atom is -0.299 e. The van der Waals surface area contributed by atoms with Gasteiger partial charge in [0.25, 0.3) is 0 Å². The molecule has 2 nitrogen and oxygen atoms in total. The molecule has 3 heterocycles. The Hall–Kier alpha value is -0.380. The molecule has 2 fully saturated rings. The second-order valence-electron chi connectivity index (χ2n) is 5.77. The van der Waals surface area contributed by atoms with Crippen molar-refractivity contribution in [1.29, 1.82) is 0 Å². The number of nitrogens with zero attached hydrogens (tertiary/aromatic N) is 2. The van der Waals surface area contributed by atoms with Crippen LogP contribution in [0.1, 0.15) is 44.2 Å². The minimum absolute atomic E-state index is 0.595. The molecule has 1 aromatic rings. The van der Waals surface area contributed by atoms with Gasteiger partial charge in [0.05, 0.1) is 0 Å². The highest BCUT2D eigenvalue weighted by Crippen LogP contribution is 2.27. The van der Waals surface area contributed by atoms with Gasteiger partial charge in [-0.3, -0.25) is 9.80 Å². The number of hydrogen-bond donors (Lipinski definition) is 0. The Kier molecular flexibility index (Phi) is 4.02. The van der Waals surface area contributed by atoms with E-state index in [0.29, 0.717) is 6.04 Å². The maximum atomic E-state index is 2.74. The number of piperidine rings is 1. The molecule has 0 aromatic carbocycles. The van der Waals surface area contributed by atoms with E-state index in [4.69, 9.17) is 0 Å². The zero-order valence-electron chi connectivity index (χ0n) is 11.3. The molecule has 1 aromatic heterocycles. The summed E-state index contributed by atoms with van der Waals surface area (Å²) in [6.07, 6.45) is 5.59. The van der Waals surface area contributed by atoms with Crippen LogP contribution in [0.2, 0.25) is 0 Å². The molecule has 0 amide bonds. The summed E-state index contributed by atoms with van der Waals surface area (Å²) in [6, 6.07) is 3.71. The van der Waals surface area contributed by atoms with E-state index < -0.39 is 0 Å². The molecule has 2 aliphatic rings. The number of thiophene rings is 1. The third-order valence-corrected chi connectivity index (χ3v) is 5.36. The van der Waals surface area contributed by atoms with Gasteiger partial charge in [-0.15, -0.1) is 0 Å². The van der Waals surface area contributed by atoms with Crippen molar-refractivity contribution >= 4 is 11.3 Å². The number of rotatable bonds is 2. The van der Waals surface area contributed by atoms with Crippen LogP contribution in [0.4, 0.5) is 0 Å². The van der Waals surface area contributed by atoms with E-state index in [2.05, 4.69) is 33.6 Å². The van der Waals surface area contributed by atoms with Crippen LogP contribution < -0.4 is 0 Å². The van der Waals surface area contributed by atoms with E-state index in [9.17, 15) is 0 Å². The van der Waals surface area contributed by atoms with Crippen molar-refractivity contribution in [2.45, 2.75) is 44.7 Å². The van der Waals surface area contributed by atoms with Gasteiger partial charge in [0, 0.05) is 25.2 Å². The SMILES string of the molecule is CC(c1ccsc1)N1CCCN2CCCCC2C1. The van der Waals surface area contributed by atoms with Crippen molar-refractivity contribution in [2.24, 2.45) is 0 Å². The zero-order chi connectivity index (χ0) is 12.4. The topological polar surface area (TPSA) is 6.48 Å². The molecule has 2 aliphatic heterocycles. The molecule has 0 spiro atoms. The molecule has 18 heavy (non-hydrogen) atoms. The first-order chi connectivity index (χ1) is 8.84. The van der Waals surface area contributed by atoms with Gasteiger partial charge in [0.2, 0.25) is 0 Å². The Morgan fingerprint density at radius 3 is 2.94 bits per heavy atom. The quantitative estimate of drug-likeness (QED) is 0.808. The van der Waals surface area contributed by atoms with E-state index >= 15 is 0 Å². The first kappa shape index (κ1) is 12.6. The molecule has 0 radical (unpaired) electrons. The maximum absolute atomic E-state index is 2.74. The minimum atomic E-state index is 0.595. The highest BCUT2D eigenvalue weighted by molar-refractivity contribution is 7.07. The van der Waals surface area contributed by atoms with Crippen LogP contribution in [0.5, 0.6) is 0 Å². The van der Waals surface area contributed by atoms with E-state index in [1.54, 1.807) is 0 Å². The highest BCUT2D eigenvalue weighted by Gasteiger charge is 2.29. The van der Waals surface area contributed by atoms with E-state index in [0.717, 1.165) is 6.04 Å². The van der Waals surface area contributed by atoms with E-state index in [1.165, 1.54) is 57.4 Å². The molecular weight excluding hydrogens is 240 g/mol. The summed E-state index contributed by atoms with van der Waals surface area (Å²) in [6.45, 7) is 7.57. The average Bonchev–Trinajstić information content (AvgIpc) is 2.84. The lowest BCUT2D eigenvalue weighted by Gasteiger charge is -2.36. The summed E-state index contributed by atoms with van der Waals surface area (Å²) in [5, 5.41) is 4.52. The predicted octanol–water partition coefficient (Wildman–Crippen LogP) is 3.37. The Balaban J connectivity index is 1.69. The lowest BCUT2D eigenvalue weighted by Crippen LogP contribution is -2.44. The molecule has 100 valence electrons. The largest absolute Gasteiger partial charge is 0.299 e. The summed E-state index contributed by atoms with van der Waals surface area (Å²) in [5.41, 5.74) is 1.50. The Bertz CT molecular complexity index is 363. The highest BCUT2D eigenvalue weighted by atomic mass is 32.1. The molecular formula is C15H24N2S. The third kappa shape index (κ3) is 2.63. The fraction of sp³-hybridized carbons (Fsp3) is 0.733. The van der Waals surface area contributed by atoms with Gasteiger partial charge in [-0.25, -0.2) is 0 Å². The molecule has 2 atom stereocenters. The normalized spacial score (nSPS) is 28.6. The van der Waals surface area contributed by atoms with Crippen LogP contribution in [0.15, 0.2) is 16.8 Å². The first-order valence-electron chi connectivity index (χ1n) is 7.35. The maximum Gasteiger partial charge on any atom is 0.0328 e. The predicted molar refractivity (Wildman–Crippen MR) is 78.1 cm³/mol. The number of fused-ring (bicyclic) bond motifs is 1. The van der Waals surface area contributed by atoms with Crippen LogP contribution in [-0.4, -0.2) is 42.0 Å². The van der Waals surface area contributed by atoms with Crippen molar-refractivity contribution in [1.82, 2.24) is 9.80 Å². The summed E-state index contributed by atoms with van der Waals surface area (Å²) in [4.78, 5) is 5.45. The zero-order valence-corrected chi connectivity index (χ0v) is 12.2. The first-order valence-corrected chi connectivity index (χ1v) is 8.29. The van der Waals surface area contributed by atoms with Crippen molar-refractivity contribution in [3.05, 3.63) is 22.4 Å².